The average molecular weight is 206 g/mol. The second kappa shape index (κ2) is 3.50. The molecule has 1 N–H and O–H groups in total. The molecular weight excluding hydrogens is 195 g/mol. The lowest BCUT2D eigenvalue weighted by atomic mass is 10.0. The fourth-order valence-electron chi connectivity index (χ4n) is 1.72. The predicted octanol–water partition coefficient (Wildman–Crippen LogP) is 1.84. The zero-order valence-corrected chi connectivity index (χ0v) is 8.38. The van der Waals surface area contributed by atoms with Crippen LogP contribution in [-0.2, 0) is 0 Å². The summed E-state index contributed by atoms with van der Waals surface area (Å²) in [6.45, 7) is 1.50. The standard InChI is InChI=1S/C11H11FN2O/c1-6-11(12)10(15)4-9(14-6)8(5-13)7-2-3-7/h4,7-8H,2-3H2,1H3,(H,14,15). The third-order valence-electron chi connectivity index (χ3n) is 2.73. The van der Waals surface area contributed by atoms with Crippen molar-refractivity contribution in [2.45, 2.75) is 25.7 Å². The molecule has 0 aromatic carbocycles. The first-order valence-corrected chi connectivity index (χ1v) is 4.92. The maximum Gasteiger partial charge on any atom is 0.217 e. The molecule has 15 heavy (non-hydrogen) atoms. The minimum atomic E-state index is -0.758. The number of hydrogen-bond donors (Lipinski definition) is 1. The van der Waals surface area contributed by atoms with Gasteiger partial charge in [0.2, 0.25) is 5.43 Å². The number of pyridine rings is 1. The van der Waals surface area contributed by atoms with Crippen molar-refractivity contribution in [2.75, 3.05) is 0 Å². The molecule has 1 unspecified atom stereocenters. The number of rotatable bonds is 2. The topological polar surface area (TPSA) is 56.6 Å². The van der Waals surface area contributed by atoms with Crippen LogP contribution in [0.15, 0.2) is 10.9 Å². The van der Waals surface area contributed by atoms with E-state index >= 15 is 0 Å². The normalized spacial score (nSPS) is 17.1. The monoisotopic (exact) mass is 206 g/mol. The number of nitriles is 1. The van der Waals surface area contributed by atoms with Crippen molar-refractivity contribution in [3.05, 3.63) is 33.5 Å². The van der Waals surface area contributed by atoms with Gasteiger partial charge >= 0.3 is 0 Å². The lowest BCUT2D eigenvalue weighted by Crippen LogP contribution is -2.14. The maximum atomic E-state index is 13.1. The largest absolute Gasteiger partial charge is 0.359 e. The molecule has 0 amide bonds. The maximum absolute atomic E-state index is 13.1. The third-order valence-corrected chi connectivity index (χ3v) is 2.73. The molecule has 1 saturated carbocycles. The molecule has 1 heterocycles. The molecule has 2 rings (SSSR count). The smallest absolute Gasteiger partial charge is 0.217 e. The number of nitrogens with one attached hydrogen (secondary N) is 1. The Morgan fingerprint density at radius 1 is 1.67 bits per heavy atom. The first-order valence-electron chi connectivity index (χ1n) is 4.92. The molecule has 0 saturated heterocycles. The summed E-state index contributed by atoms with van der Waals surface area (Å²) < 4.78 is 13.1. The average Bonchev–Trinajstić information content (AvgIpc) is 2.99. The summed E-state index contributed by atoms with van der Waals surface area (Å²) in [7, 11) is 0. The Bertz CT molecular complexity index is 482. The molecule has 0 aliphatic heterocycles. The Hall–Kier alpha value is -1.63. The highest BCUT2D eigenvalue weighted by Crippen LogP contribution is 2.41. The first-order chi connectivity index (χ1) is 7.13. The van der Waals surface area contributed by atoms with E-state index in [0.717, 1.165) is 12.8 Å². The third kappa shape index (κ3) is 1.78. The summed E-state index contributed by atoms with van der Waals surface area (Å²) in [6, 6.07) is 3.36. The van der Waals surface area contributed by atoms with E-state index in [0.29, 0.717) is 11.6 Å². The quantitative estimate of drug-likeness (QED) is 0.802. The lowest BCUT2D eigenvalue weighted by molar-refractivity contribution is 0.591. The van der Waals surface area contributed by atoms with Crippen molar-refractivity contribution in [3.8, 4) is 6.07 Å². The Morgan fingerprint density at radius 3 is 2.80 bits per heavy atom. The highest BCUT2D eigenvalue weighted by atomic mass is 19.1. The number of hydrogen-bond acceptors (Lipinski definition) is 2. The summed E-state index contributed by atoms with van der Waals surface area (Å²) in [4.78, 5) is 14.0. The van der Waals surface area contributed by atoms with Crippen LogP contribution in [-0.4, -0.2) is 4.98 Å². The Morgan fingerprint density at radius 2 is 2.33 bits per heavy atom. The van der Waals surface area contributed by atoms with Crippen LogP contribution in [0.5, 0.6) is 0 Å². The van der Waals surface area contributed by atoms with Gasteiger partial charge in [0.25, 0.3) is 0 Å². The van der Waals surface area contributed by atoms with Gasteiger partial charge in [0.1, 0.15) is 0 Å². The molecule has 1 atom stereocenters. The van der Waals surface area contributed by atoms with Gasteiger partial charge < -0.3 is 4.98 Å². The number of aromatic amines is 1. The fraction of sp³-hybridized carbons (Fsp3) is 0.455. The Labute approximate surface area is 86.6 Å². The SMILES string of the molecule is Cc1[nH]c(C(C#N)C2CC2)cc(=O)c1F. The van der Waals surface area contributed by atoms with E-state index in [1.54, 1.807) is 0 Å². The van der Waals surface area contributed by atoms with Crippen LogP contribution in [0.1, 0.15) is 30.1 Å². The first kappa shape index (κ1) is 9.91. The molecule has 1 aromatic rings. The van der Waals surface area contributed by atoms with Crippen molar-refractivity contribution in [2.24, 2.45) is 5.92 Å². The zero-order valence-electron chi connectivity index (χ0n) is 8.38. The summed E-state index contributed by atoms with van der Waals surface area (Å²) in [5.74, 6) is -0.723. The van der Waals surface area contributed by atoms with E-state index in [2.05, 4.69) is 11.1 Å². The van der Waals surface area contributed by atoms with E-state index in [1.807, 2.05) is 0 Å². The number of aryl methyl sites for hydroxylation is 1. The summed E-state index contributed by atoms with van der Waals surface area (Å²) in [5, 5.41) is 8.98. The van der Waals surface area contributed by atoms with Crippen molar-refractivity contribution >= 4 is 0 Å². The minimum absolute atomic E-state index is 0.207. The number of H-pyrrole nitrogens is 1. The minimum Gasteiger partial charge on any atom is -0.359 e. The van der Waals surface area contributed by atoms with Gasteiger partial charge in [-0.25, -0.2) is 4.39 Å². The van der Waals surface area contributed by atoms with E-state index in [4.69, 9.17) is 5.26 Å². The van der Waals surface area contributed by atoms with Crippen molar-refractivity contribution < 1.29 is 4.39 Å². The van der Waals surface area contributed by atoms with Crippen molar-refractivity contribution in [1.29, 1.82) is 5.26 Å². The number of aromatic nitrogens is 1. The van der Waals surface area contributed by atoms with E-state index < -0.39 is 11.2 Å². The van der Waals surface area contributed by atoms with Crippen molar-refractivity contribution in [1.82, 2.24) is 4.98 Å². The van der Waals surface area contributed by atoms with Gasteiger partial charge in [0, 0.05) is 11.8 Å². The molecule has 78 valence electrons. The Balaban J connectivity index is 2.44. The second-order valence-electron chi connectivity index (χ2n) is 3.97. The van der Waals surface area contributed by atoms with Gasteiger partial charge in [-0.05, 0) is 25.7 Å². The van der Waals surface area contributed by atoms with Crippen LogP contribution in [0.25, 0.3) is 0 Å². The number of halogens is 1. The van der Waals surface area contributed by atoms with Crippen LogP contribution in [0.2, 0.25) is 0 Å². The highest BCUT2D eigenvalue weighted by Gasteiger charge is 2.33. The van der Waals surface area contributed by atoms with Crippen LogP contribution in [0.4, 0.5) is 4.39 Å². The van der Waals surface area contributed by atoms with E-state index in [1.165, 1.54) is 13.0 Å². The zero-order chi connectivity index (χ0) is 11.0. The van der Waals surface area contributed by atoms with E-state index in [9.17, 15) is 9.18 Å². The fourth-order valence-corrected chi connectivity index (χ4v) is 1.72. The van der Waals surface area contributed by atoms with Gasteiger partial charge in [0.15, 0.2) is 5.82 Å². The molecule has 0 bridgehead atoms. The van der Waals surface area contributed by atoms with Gasteiger partial charge in [-0.3, -0.25) is 4.79 Å². The van der Waals surface area contributed by atoms with E-state index in [-0.39, 0.29) is 11.6 Å². The van der Waals surface area contributed by atoms with Gasteiger partial charge in [-0.15, -0.1) is 0 Å². The Kier molecular flexibility index (Phi) is 2.31. The molecular formula is C11H11FN2O. The van der Waals surface area contributed by atoms with Crippen LogP contribution >= 0.6 is 0 Å². The summed E-state index contributed by atoms with van der Waals surface area (Å²) in [6.07, 6.45) is 2.02. The van der Waals surface area contributed by atoms with Crippen LogP contribution in [0.3, 0.4) is 0 Å². The molecule has 1 aliphatic rings. The molecule has 4 heteroatoms. The lowest BCUT2D eigenvalue weighted by Gasteiger charge is -2.08. The molecule has 1 fully saturated rings. The molecule has 1 aliphatic carbocycles. The molecule has 0 spiro atoms. The van der Waals surface area contributed by atoms with Crippen LogP contribution < -0.4 is 5.43 Å². The molecule has 1 aromatic heterocycles. The predicted molar refractivity (Wildman–Crippen MR) is 52.8 cm³/mol. The van der Waals surface area contributed by atoms with Gasteiger partial charge in [-0.2, -0.15) is 5.26 Å². The molecule has 3 nitrogen and oxygen atoms in total. The van der Waals surface area contributed by atoms with Crippen LogP contribution in [0, 0.1) is 30.0 Å². The van der Waals surface area contributed by atoms with Gasteiger partial charge in [-0.1, -0.05) is 0 Å². The molecule has 0 radical (unpaired) electrons. The summed E-state index contributed by atoms with van der Waals surface area (Å²) >= 11 is 0. The van der Waals surface area contributed by atoms with Crippen molar-refractivity contribution in [3.63, 3.8) is 0 Å². The number of nitrogens with zero attached hydrogens (tertiary/aromatic N) is 1. The second-order valence-corrected chi connectivity index (χ2v) is 3.97. The van der Waals surface area contributed by atoms with Gasteiger partial charge in [0.05, 0.1) is 17.7 Å². The highest BCUT2D eigenvalue weighted by molar-refractivity contribution is 5.23. The summed E-state index contributed by atoms with van der Waals surface area (Å²) in [5.41, 5.74) is 0.115.